The molecular weight excluding hydrogens is 225 g/mol. The van der Waals surface area contributed by atoms with Crippen LogP contribution in [-0.4, -0.2) is 50.8 Å². The zero-order chi connectivity index (χ0) is 11.1. The van der Waals surface area contributed by atoms with Gasteiger partial charge in [0, 0.05) is 18.9 Å². The number of ether oxygens (including phenoxy) is 1. The van der Waals surface area contributed by atoms with Gasteiger partial charge < -0.3 is 9.64 Å². The Morgan fingerprint density at radius 3 is 2.60 bits per heavy atom. The number of nitrogens with zero attached hydrogens (tertiary/aromatic N) is 1. The molecule has 1 amide bonds. The van der Waals surface area contributed by atoms with E-state index in [0.717, 1.165) is 0 Å². The maximum Gasteiger partial charge on any atom is 0.302 e. The summed E-state index contributed by atoms with van der Waals surface area (Å²) in [7, 11) is -4.48. The minimum absolute atomic E-state index is 0.0600. The number of hydrogen-bond acceptors (Lipinski definition) is 4. The van der Waals surface area contributed by atoms with Crippen molar-refractivity contribution >= 4 is 16.1 Å². The third kappa shape index (κ3) is 2.46. The molecule has 7 heteroatoms. The quantitative estimate of drug-likeness (QED) is 0.623. The molecule has 2 fully saturated rings. The van der Waals surface area contributed by atoms with E-state index in [2.05, 4.69) is 0 Å². The Hall–Kier alpha value is -0.690. The molecular formula is C8H12FNO4S. The zero-order valence-corrected chi connectivity index (χ0v) is 8.87. The molecule has 0 N–H and O–H groups in total. The SMILES string of the molecule is O=C1CC(CS(=O)(=O)F)CN1C1COC1. The molecule has 0 bridgehead atoms. The monoisotopic (exact) mass is 237 g/mol. The highest BCUT2D eigenvalue weighted by molar-refractivity contribution is 7.86. The standard InChI is InChI=1S/C8H12FNO4S/c9-15(12,13)5-6-1-8(11)10(2-6)7-3-14-4-7/h6-7H,1-5H2. The average Bonchev–Trinajstić information content (AvgIpc) is 2.24. The summed E-state index contributed by atoms with van der Waals surface area (Å²) < 4.78 is 38.2. The molecule has 0 saturated carbocycles. The molecule has 2 saturated heterocycles. The van der Waals surface area contributed by atoms with Gasteiger partial charge in [-0.3, -0.25) is 4.79 Å². The van der Waals surface area contributed by atoms with Gasteiger partial charge in [0.25, 0.3) is 0 Å². The Morgan fingerprint density at radius 1 is 1.47 bits per heavy atom. The summed E-state index contributed by atoms with van der Waals surface area (Å²) in [4.78, 5) is 13.1. The lowest BCUT2D eigenvalue weighted by molar-refractivity contribution is -0.139. The predicted molar refractivity (Wildman–Crippen MR) is 49.3 cm³/mol. The summed E-state index contributed by atoms with van der Waals surface area (Å²) in [5.74, 6) is -1.06. The fourth-order valence-corrected chi connectivity index (χ4v) is 2.74. The molecule has 2 aliphatic rings. The van der Waals surface area contributed by atoms with Gasteiger partial charge >= 0.3 is 10.2 Å². The second kappa shape index (κ2) is 3.71. The molecule has 2 rings (SSSR count). The predicted octanol–water partition coefficient (Wildman–Crippen LogP) is -0.467. The van der Waals surface area contributed by atoms with Crippen LogP contribution in [0.25, 0.3) is 0 Å². The first-order valence-electron chi connectivity index (χ1n) is 4.75. The summed E-state index contributed by atoms with van der Waals surface area (Å²) in [5, 5.41) is 0. The van der Waals surface area contributed by atoms with Gasteiger partial charge in [-0.05, 0) is 0 Å². The van der Waals surface area contributed by atoms with Crippen LogP contribution in [-0.2, 0) is 19.8 Å². The van der Waals surface area contributed by atoms with E-state index in [0.29, 0.717) is 19.8 Å². The van der Waals surface area contributed by atoms with E-state index in [1.807, 2.05) is 0 Å². The van der Waals surface area contributed by atoms with Gasteiger partial charge in [0.2, 0.25) is 5.91 Å². The third-order valence-corrected chi connectivity index (χ3v) is 3.60. The normalized spacial score (nSPS) is 28.2. The third-order valence-electron chi connectivity index (χ3n) is 2.73. The van der Waals surface area contributed by atoms with Crippen LogP contribution in [0.1, 0.15) is 6.42 Å². The van der Waals surface area contributed by atoms with Crippen LogP contribution in [0, 0.1) is 5.92 Å². The highest BCUT2D eigenvalue weighted by Gasteiger charge is 2.38. The highest BCUT2D eigenvalue weighted by Crippen LogP contribution is 2.24. The van der Waals surface area contributed by atoms with Crippen LogP contribution in [0.4, 0.5) is 3.89 Å². The Kier molecular flexibility index (Phi) is 2.68. The number of rotatable bonds is 3. The first-order valence-corrected chi connectivity index (χ1v) is 6.30. The summed E-state index contributed by atoms with van der Waals surface area (Å²) in [6.45, 7) is 1.33. The molecule has 2 heterocycles. The van der Waals surface area contributed by atoms with E-state index in [4.69, 9.17) is 4.74 Å². The van der Waals surface area contributed by atoms with E-state index >= 15 is 0 Å². The van der Waals surface area contributed by atoms with Crippen molar-refractivity contribution in [1.82, 2.24) is 4.90 Å². The van der Waals surface area contributed by atoms with Crippen LogP contribution in [0.5, 0.6) is 0 Å². The first kappa shape index (κ1) is 10.8. The highest BCUT2D eigenvalue weighted by atomic mass is 32.3. The van der Waals surface area contributed by atoms with Crippen LogP contribution in [0.2, 0.25) is 0 Å². The number of likely N-dealkylation sites (tertiary alicyclic amines) is 1. The molecule has 0 radical (unpaired) electrons. The largest absolute Gasteiger partial charge is 0.377 e. The molecule has 1 atom stereocenters. The Morgan fingerprint density at radius 2 is 2.13 bits per heavy atom. The van der Waals surface area contributed by atoms with Gasteiger partial charge in [-0.1, -0.05) is 0 Å². The Labute approximate surface area is 87.4 Å². The van der Waals surface area contributed by atoms with Crippen LogP contribution in [0.3, 0.4) is 0 Å². The second-order valence-corrected chi connectivity index (χ2v) is 5.42. The van der Waals surface area contributed by atoms with Crippen LogP contribution >= 0.6 is 0 Å². The molecule has 1 unspecified atom stereocenters. The molecule has 86 valence electrons. The molecule has 2 aliphatic heterocycles. The smallest absolute Gasteiger partial charge is 0.302 e. The van der Waals surface area contributed by atoms with Crippen molar-refractivity contribution in [3.05, 3.63) is 0 Å². The maximum atomic E-state index is 12.4. The number of hydrogen-bond donors (Lipinski definition) is 0. The van der Waals surface area contributed by atoms with Crippen molar-refractivity contribution in [1.29, 1.82) is 0 Å². The number of amides is 1. The fourth-order valence-electron chi connectivity index (χ4n) is 1.96. The van der Waals surface area contributed by atoms with Crippen molar-refractivity contribution in [2.24, 2.45) is 5.92 Å². The number of carbonyl (C=O) groups is 1. The summed E-state index contributed by atoms with van der Waals surface area (Å²) in [6, 6.07) is 0.0600. The topological polar surface area (TPSA) is 63.7 Å². The van der Waals surface area contributed by atoms with Gasteiger partial charge in [0.15, 0.2) is 0 Å². The maximum absolute atomic E-state index is 12.4. The second-order valence-electron chi connectivity index (χ2n) is 4.01. The van der Waals surface area contributed by atoms with E-state index < -0.39 is 21.9 Å². The summed E-state index contributed by atoms with van der Waals surface area (Å²) in [5.41, 5.74) is 0. The van der Waals surface area contributed by atoms with Gasteiger partial charge in [0.05, 0.1) is 25.0 Å². The Bertz CT molecular complexity index is 365. The molecule has 15 heavy (non-hydrogen) atoms. The minimum Gasteiger partial charge on any atom is -0.377 e. The number of carbonyl (C=O) groups excluding carboxylic acids is 1. The van der Waals surface area contributed by atoms with Gasteiger partial charge in [-0.25, -0.2) is 0 Å². The van der Waals surface area contributed by atoms with Crippen LogP contribution in [0.15, 0.2) is 0 Å². The van der Waals surface area contributed by atoms with E-state index in [-0.39, 0.29) is 18.4 Å². The number of halogens is 1. The zero-order valence-electron chi connectivity index (χ0n) is 8.06. The van der Waals surface area contributed by atoms with Gasteiger partial charge in [-0.2, -0.15) is 8.42 Å². The first-order chi connectivity index (χ1) is 6.96. The fraction of sp³-hybridized carbons (Fsp3) is 0.875. The van der Waals surface area contributed by atoms with Crippen molar-refractivity contribution in [3.63, 3.8) is 0 Å². The lowest BCUT2D eigenvalue weighted by atomic mass is 10.1. The van der Waals surface area contributed by atoms with Gasteiger partial charge in [0.1, 0.15) is 0 Å². The molecule has 5 nitrogen and oxygen atoms in total. The lowest BCUT2D eigenvalue weighted by Crippen LogP contribution is -2.49. The average molecular weight is 237 g/mol. The molecule has 0 aromatic heterocycles. The van der Waals surface area contributed by atoms with Crippen molar-refractivity contribution in [3.8, 4) is 0 Å². The van der Waals surface area contributed by atoms with Crippen molar-refractivity contribution in [2.75, 3.05) is 25.5 Å². The van der Waals surface area contributed by atoms with Gasteiger partial charge in [-0.15, -0.1) is 3.89 Å². The van der Waals surface area contributed by atoms with Crippen molar-refractivity contribution in [2.45, 2.75) is 12.5 Å². The van der Waals surface area contributed by atoms with E-state index in [9.17, 15) is 17.1 Å². The molecule has 0 aromatic rings. The molecule has 0 aliphatic carbocycles. The molecule has 0 spiro atoms. The van der Waals surface area contributed by atoms with Crippen molar-refractivity contribution < 1.29 is 21.8 Å². The summed E-state index contributed by atoms with van der Waals surface area (Å²) in [6.07, 6.45) is 0.125. The van der Waals surface area contributed by atoms with Crippen LogP contribution < -0.4 is 0 Å². The van der Waals surface area contributed by atoms with E-state index in [1.54, 1.807) is 4.90 Å². The molecule has 0 aromatic carbocycles. The van der Waals surface area contributed by atoms with E-state index in [1.165, 1.54) is 0 Å². The summed E-state index contributed by atoms with van der Waals surface area (Å²) >= 11 is 0. The Balaban J connectivity index is 1.94. The minimum atomic E-state index is -4.48. The lowest BCUT2D eigenvalue weighted by Gasteiger charge is -2.34.